The van der Waals surface area contributed by atoms with E-state index in [1.54, 1.807) is 12.1 Å². The third kappa shape index (κ3) is 2.05. The summed E-state index contributed by atoms with van der Waals surface area (Å²) in [6.45, 7) is 5.86. The monoisotopic (exact) mass is 193 g/mol. The molecule has 1 rings (SSSR count). The second-order valence-corrected chi connectivity index (χ2v) is 3.18. The Morgan fingerprint density at radius 2 is 2.14 bits per heavy atom. The summed E-state index contributed by atoms with van der Waals surface area (Å²) in [6.07, 6.45) is 0. The Bertz CT molecular complexity index is 359. The van der Waals surface area contributed by atoms with Gasteiger partial charge in [0.05, 0.1) is 6.61 Å². The Morgan fingerprint density at radius 1 is 1.50 bits per heavy atom. The average molecular weight is 193 g/mol. The summed E-state index contributed by atoms with van der Waals surface area (Å²) in [6, 6.07) is 3.42. The highest BCUT2D eigenvalue weighted by Crippen LogP contribution is 2.25. The first-order valence-electron chi connectivity index (χ1n) is 4.60. The SMILES string of the molecule is CCOc1cc(N)cc(C(C)=O)c1C. The summed E-state index contributed by atoms with van der Waals surface area (Å²) < 4.78 is 5.38. The van der Waals surface area contributed by atoms with Crippen LogP contribution in [0.2, 0.25) is 0 Å². The molecule has 0 aliphatic rings. The maximum Gasteiger partial charge on any atom is 0.160 e. The molecule has 0 unspecified atom stereocenters. The number of ether oxygens (including phenoxy) is 1. The van der Waals surface area contributed by atoms with Crippen molar-refractivity contribution in [2.75, 3.05) is 12.3 Å². The van der Waals surface area contributed by atoms with Gasteiger partial charge >= 0.3 is 0 Å². The zero-order valence-corrected chi connectivity index (χ0v) is 8.76. The maximum atomic E-state index is 11.3. The van der Waals surface area contributed by atoms with Gasteiger partial charge in [-0.05, 0) is 26.8 Å². The van der Waals surface area contributed by atoms with E-state index in [-0.39, 0.29) is 5.78 Å². The number of carbonyl (C=O) groups excluding carboxylic acids is 1. The van der Waals surface area contributed by atoms with Crippen LogP contribution in [0.5, 0.6) is 5.75 Å². The summed E-state index contributed by atoms with van der Waals surface area (Å²) in [4.78, 5) is 11.3. The molecule has 0 saturated heterocycles. The molecular formula is C11H15NO2. The van der Waals surface area contributed by atoms with Gasteiger partial charge in [0.15, 0.2) is 5.78 Å². The minimum atomic E-state index is 0.00996. The van der Waals surface area contributed by atoms with Crippen LogP contribution < -0.4 is 10.5 Å². The van der Waals surface area contributed by atoms with Crippen LogP contribution in [0.15, 0.2) is 12.1 Å². The highest BCUT2D eigenvalue weighted by atomic mass is 16.5. The summed E-state index contributed by atoms with van der Waals surface area (Å²) in [7, 11) is 0. The molecule has 0 atom stereocenters. The molecule has 1 aromatic rings. The number of rotatable bonds is 3. The van der Waals surface area contributed by atoms with Crippen molar-refractivity contribution in [1.82, 2.24) is 0 Å². The van der Waals surface area contributed by atoms with Gasteiger partial charge in [0, 0.05) is 22.9 Å². The average Bonchev–Trinajstić information content (AvgIpc) is 2.10. The standard InChI is InChI=1S/C11H15NO2/c1-4-14-11-6-9(12)5-10(7(11)2)8(3)13/h5-6H,4,12H2,1-3H3. The lowest BCUT2D eigenvalue weighted by Gasteiger charge is -2.11. The van der Waals surface area contributed by atoms with Crippen LogP contribution in [-0.4, -0.2) is 12.4 Å². The number of nitrogens with two attached hydrogens (primary N) is 1. The molecule has 1 aromatic carbocycles. The molecule has 3 nitrogen and oxygen atoms in total. The number of Topliss-reactive ketones (excluding diaryl/α,β-unsaturated/α-hetero) is 1. The second-order valence-electron chi connectivity index (χ2n) is 3.18. The molecule has 14 heavy (non-hydrogen) atoms. The van der Waals surface area contributed by atoms with Crippen molar-refractivity contribution in [2.24, 2.45) is 0 Å². The Balaban J connectivity index is 3.24. The van der Waals surface area contributed by atoms with Crippen molar-refractivity contribution in [3.05, 3.63) is 23.3 Å². The van der Waals surface area contributed by atoms with Gasteiger partial charge in [-0.3, -0.25) is 4.79 Å². The van der Waals surface area contributed by atoms with Crippen LogP contribution in [-0.2, 0) is 0 Å². The van der Waals surface area contributed by atoms with E-state index >= 15 is 0 Å². The van der Waals surface area contributed by atoms with Crippen LogP contribution >= 0.6 is 0 Å². The minimum absolute atomic E-state index is 0.00996. The Hall–Kier alpha value is -1.51. The lowest BCUT2D eigenvalue weighted by molar-refractivity contribution is 0.101. The first-order chi connectivity index (χ1) is 6.56. The van der Waals surface area contributed by atoms with Crippen LogP contribution in [0.3, 0.4) is 0 Å². The minimum Gasteiger partial charge on any atom is -0.494 e. The quantitative estimate of drug-likeness (QED) is 0.591. The second kappa shape index (κ2) is 4.13. The van der Waals surface area contributed by atoms with Gasteiger partial charge in [-0.1, -0.05) is 0 Å². The van der Waals surface area contributed by atoms with E-state index in [2.05, 4.69) is 0 Å². The molecule has 0 bridgehead atoms. The fourth-order valence-corrected chi connectivity index (χ4v) is 1.38. The number of carbonyl (C=O) groups is 1. The molecule has 3 heteroatoms. The normalized spacial score (nSPS) is 9.93. The van der Waals surface area contributed by atoms with Crippen molar-refractivity contribution in [1.29, 1.82) is 0 Å². The van der Waals surface area contributed by atoms with E-state index in [1.807, 2.05) is 13.8 Å². The number of hydrogen-bond acceptors (Lipinski definition) is 3. The molecule has 0 saturated carbocycles. The van der Waals surface area contributed by atoms with E-state index in [0.717, 1.165) is 5.56 Å². The number of anilines is 1. The van der Waals surface area contributed by atoms with Crippen molar-refractivity contribution in [3.8, 4) is 5.75 Å². The predicted octanol–water partition coefficient (Wildman–Crippen LogP) is 2.18. The number of hydrogen-bond donors (Lipinski definition) is 1. The van der Waals surface area contributed by atoms with Gasteiger partial charge < -0.3 is 10.5 Å². The zero-order chi connectivity index (χ0) is 10.7. The fourth-order valence-electron chi connectivity index (χ4n) is 1.38. The smallest absolute Gasteiger partial charge is 0.160 e. The largest absolute Gasteiger partial charge is 0.494 e. The molecular weight excluding hydrogens is 178 g/mol. The Kier molecular flexibility index (Phi) is 3.12. The van der Waals surface area contributed by atoms with E-state index in [9.17, 15) is 4.79 Å². The maximum absolute atomic E-state index is 11.3. The molecule has 0 spiro atoms. The first kappa shape index (κ1) is 10.6. The van der Waals surface area contributed by atoms with E-state index in [4.69, 9.17) is 10.5 Å². The summed E-state index contributed by atoms with van der Waals surface area (Å²) >= 11 is 0. The topological polar surface area (TPSA) is 52.3 Å². The highest BCUT2D eigenvalue weighted by molar-refractivity contribution is 5.97. The van der Waals surface area contributed by atoms with Crippen LogP contribution in [0.4, 0.5) is 5.69 Å². The molecule has 0 amide bonds. The number of nitrogen functional groups attached to an aromatic ring is 1. The summed E-state index contributed by atoms with van der Waals surface area (Å²) in [5.41, 5.74) is 7.71. The third-order valence-corrected chi connectivity index (χ3v) is 2.06. The highest BCUT2D eigenvalue weighted by Gasteiger charge is 2.10. The Morgan fingerprint density at radius 3 is 2.64 bits per heavy atom. The molecule has 0 heterocycles. The van der Waals surface area contributed by atoms with Gasteiger partial charge in [-0.15, -0.1) is 0 Å². The number of benzene rings is 1. The van der Waals surface area contributed by atoms with Gasteiger partial charge in [0.2, 0.25) is 0 Å². The molecule has 0 aliphatic heterocycles. The summed E-state index contributed by atoms with van der Waals surface area (Å²) in [5, 5.41) is 0. The Labute approximate surface area is 83.9 Å². The first-order valence-corrected chi connectivity index (χ1v) is 4.60. The fraction of sp³-hybridized carbons (Fsp3) is 0.364. The van der Waals surface area contributed by atoms with Crippen molar-refractivity contribution in [2.45, 2.75) is 20.8 Å². The lowest BCUT2D eigenvalue weighted by Crippen LogP contribution is -2.02. The molecule has 0 aliphatic carbocycles. The molecule has 0 fully saturated rings. The van der Waals surface area contributed by atoms with Crippen molar-refractivity contribution < 1.29 is 9.53 Å². The van der Waals surface area contributed by atoms with Crippen molar-refractivity contribution >= 4 is 11.5 Å². The molecule has 0 radical (unpaired) electrons. The van der Waals surface area contributed by atoms with E-state index in [0.29, 0.717) is 23.6 Å². The van der Waals surface area contributed by atoms with Gasteiger partial charge in [-0.25, -0.2) is 0 Å². The van der Waals surface area contributed by atoms with Gasteiger partial charge in [0.1, 0.15) is 5.75 Å². The lowest BCUT2D eigenvalue weighted by atomic mass is 10.0. The van der Waals surface area contributed by atoms with Gasteiger partial charge in [-0.2, -0.15) is 0 Å². The molecule has 2 N–H and O–H groups in total. The van der Waals surface area contributed by atoms with Crippen LogP contribution in [0, 0.1) is 6.92 Å². The molecule has 76 valence electrons. The van der Waals surface area contributed by atoms with Crippen LogP contribution in [0.1, 0.15) is 29.8 Å². The van der Waals surface area contributed by atoms with Crippen molar-refractivity contribution in [3.63, 3.8) is 0 Å². The molecule has 0 aromatic heterocycles. The number of ketones is 1. The van der Waals surface area contributed by atoms with Crippen LogP contribution in [0.25, 0.3) is 0 Å². The zero-order valence-electron chi connectivity index (χ0n) is 8.76. The van der Waals surface area contributed by atoms with Gasteiger partial charge in [0.25, 0.3) is 0 Å². The third-order valence-electron chi connectivity index (χ3n) is 2.06. The van der Waals surface area contributed by atoms with E-state index < -0.39 is 0 Å². The summed E-state index contributed by atoms with van der Waals surface area (Å²) in [5.74, 6) is 0.702. The predicted molar refractivity (Wildman–Crippen MR) is 56.8 cm³/mol. The van der Waals surface area contributed by atoms with E-state index in [1.165, 1.54) is 6.92 Å².